The average Bonchev–Trinajstić information content (AvgIpc) is 3.72. The van der Waals surface area contributed by atoms with Crippen molar-refractivity contribution in [2.24, 2.45) is 0 Å². The molecule has 2 heterocycles. The summed E-state index contributed by atoms with van der Waals surface area (Å²) in [4.78, 5) is 53.6. The molecule has 4 amide bonds. The highest BCUT2D eigenvalue weighted by molar-refractivity contribution is 5.86. The van der Waals surface area contributed by atoms with Gasteiger partial charge in [0.05, 0.1) is 0 Å². The van der Waals surface area contributed by atoms with Crippen molar-refractivity contribution in [1.82, 2.24) is 20.4 Å². The third-order valence-electron chi connectivity index (χ3n) is 7.69. The number of nitrogens with one attached hydrogen (secondary N) is 2. The van der Waals surface area contributed by atoms with E-state index in [1.807, 2.05) is 60.7 Å². The Labute approximate surface area is 247 Å². The molecule has 42 heavy (non-hydrogen) atoms. The standard InChI is InChI=1S/C32H42N4O6/c37-29(27-17-11-21-35(27)31(39)41-23-25-13-5-3-6-14-25)33-19-9-1-2-10-20-34-30(38)28-18-12-22-36(28)32(40)42-24-26-15-7-4-8-16-26/h3-8,13-16,27-28H,1-2,9-12,17-24H2,(H,33,37)(H,34,38)/t27-,28-/m1/s1. The first-order chi connectivity index (χ1) is 20.5. The van der Waals surface area contributed by atoms with Gasteiger partial charge in [-0.2, -0.15) is 0 Å². The van der Waals surface area contributed by atoms with E-state index in [-0.39, 0.29) is 25.0 Å². The molecule has 2 aliphatic heterocycles. The third kappa shape index (κ3) is 9.22. The van der Waals surface area contributed by atoms with Gasteiger partial charge in [-0.15, -0.1) is 0 Å². The second-order valence-corrected chi connectivity index (χ2v) is 10.8. The summed E-state index contributed by atoms with van der Waals surface area (Å²) in [6.45, 7) is 2.49. The molecule has 2 aromatic rings. The van der Waals surface area contributed by atoms with Crippen LogP contribution in [0.1, 0.15) is 62.5 Å². The predicted molar refractivity (Wildman–Crippen MR) is 157 cm³/mol. The van der Waals surface area contributed by atoms with E-state index in [0.29, 0.717) is 39.0 Å². The molecule has 2 N–H and O–H groups in total. The van der Waals surface area contributed by atoms with Crippen LogP contribution in [0.15, 0.2) is 60.7 Å². The number of carbonyl (C=O) groups excluding carboxylic acids is 4. The van der Waals surface area contributed by atoms with Gasteiger partial charge in [-0.05, 0) is 49.7 Å². The van der Waals surface area contributed by atoms with Crippen molar-refractivity contribution < 1.29 is 28.7 Å². The van der Waals surface area contributed by atoms with Crippen molar-refractivity contribution in [3.8, 4) is 0 Å². The van der Waals surface area contributed by atoms with Gasteiger partial charge < -0.3 is 20.1 Å². The summed E-state index contributed by atoms with van der Waals surface area (Å²) in [6, 6.07) is 18.0. The summed E-state index contributed by atoms with van der Waals surface area (Å²) in [5.41, 5.74) is 1.82. The van der Waals surface area contributed by atoms with E-state index in [9.17, 15) is 19.2 Å². The summed E-state index contributed by atoms with van der Waals surface area (Å²) in [7, 11) is 0. The largest absolute Gasteiger partial charge is 0.445 e. The first kappa shape index (κ1) is 30.9. The lowest BCUT2D eigenvalue weighted by molar-refractivity contribution is -0.125. The number of hydrogen-bond donors (Lipinski definition) is 2. The number of ether oxygens (including phenoxy) is 2. The molecule has 0 spiro atoms. The quantitative estimate of drug-likeness (QED) is 0.341. The number of hydrogen-bond acceptors (Lipinski definition) is 6. The van der Waals surface area contributed by atoms with Crippen molar-refractivity contribution in [3.63, 3.8) is 0 Å². The van der Waals surface area contributed by atoms with Crippen molar-refractivity contribution >= 4 is 24.0 Å². The number of nitrogens with zero attached hydrogens (tertiary/aromatic N) is 2. The fourth-order valence-electron chi connectivity index (χ4n) is 5.38. The maximum Gasteiger partial charge on any atom is 0.410 e. The van der Waals surface area contributed by atoms with Gasteiger partial charge >= 0.3 is 12.2 Å². The highest BCUT2D eigenvalue weighted by Crippen LogP contribution is 2.20. The Morgan fingerprint density at radius 3 is 1.43 bits per heavy atom. The fourth-order valence-corrected chi connectivity index (χ4v) is 5.38. The van der Waals surface area contributed by atoms with Crippen LogP contribution >= 0.6 is 0 Å². The van der Waals surface area contributed by atoms with Crippen molar-refractivity contribution in [2.75, 3.05) is 26.2 Å². The summed E-state index contributed by atoms with van der Waals surface area (Å²) in [6.07, 6.45) is 5.35. The van der Waals surface area contributed by atoms with Gasteiger partial charge in [0.15, 0.2) is 0 Å². The predicted octanol–water partition coefficient (Wildman–Crippen LogP) is 4.38. The molecular weight excluding hydrogens is 536 g/mol. The third-order valence-corrected chi connectivity index (χ3v) is 7.69. The van der Waals surface area contributed by atoms with Crippen LogP contribution in [0.4, 0.5) is 9.59 Å². The topological polar surface area (TPSA) is 117 Å². The Hall–Kier alpha value is -4.08. The number of carbonyl (C=O) groups is 4. The van der Waals surface area contributed by atoms with Gasteiger partial charge in [0.2, 0.25) is 11.8 Å². The molecule has 0 radical (unpaired) electrons. The van der Waals surface area contributed by atoms with Gasteiger partial charge in [0.25, 0.3) is 0 Å². The van der Waals surface area contributed by atoms with Gasteiger partial charge in [-0.1, -0.05) is 73.5 Å². The lowest BCUT2D eigenvalue weighted by Crippen LogP contribution is -2.46. The average molecular weight is 579 g/mol. The Balaban J connectivity index is 1.05. The van der Waals surface area contributed by atoms with Crippen molar-refractivity contribution in [1.29, 1.82) is 0 Å². The van der Waals surface area contributed by atoms with E-state index in [0.717, 1.165) is 49.7 Å². The van der Waals surface area contributed by atoms with E-state index >= 15 is 0 Å². The lowest BCUT2D eigenvalue weighted by atomic mass is 10.1. The second-order valence-electron chi connectivity index (χ2n) is 10.8. The van der Waals surface area contributed by atoms with Crippen LogP contribution in [-0.4, -0.2) is 72.1 Å². The number of likely N-dealkylation sites (tertiary alicyclic amines) is 2. The molecule has 10 heteroatoms. The number of amides is 4. The minimum absolute atomic E-state index is 0.139. The van der Waals surface area contributed by atoms with Crippen LogP contribution < -0.4 is 10.6 Å². The highest BCUT2D eigenvalue weighted by Gasteiger charge is 2.36. The Bertz CT molecular complexity index is 1070. The van der Waals surface area contributed by atoms with Crippen LogP contribution in [0.2, 0.25) is 0 Å². The number of rotatable bonds is 13. The van der Waals surface area contributed by atoms with Crippen LogP contribution in [0.5, 0.6) is 0 Å². The fraction of sp³-hybridized carbons (Fsp3) is 0.500. The molecule has 0 bridgehead atoms. The Kier molecular flexibility index (Phi) is 12.0. The zero-order valence-electron chi connectivity index (χ0n) is 24.2. The molecule has 2 fully saturated rings. The van der Waals surface area contributed by atoms with E-state index in [1.165, 1.54) is 9.80 Å². The molecule has 2 saturated heterocycles. The monoisotopic (exact) mass is 578 g/mol. The second kappa shape index (κ2) is 16.4. The maximum atomic E-state index is 12.7. The molecule has 2 atom stereocenters. The van der Waals surface area contributed by atoms with Crippen LogP contribution in [0, 0.1) is 0 Å². The van der Waals surface area contributed by atoms with Crippen molar-refractivity contribution in [3.05, 3.63) is 71.8 Å². The van der Waals surface area contributed by atoms with Crippen LogP contribution in [0.3, 0.4) is 0 Å². The van der Waals surface area contributed by atoms with Gasteiger partial charge in [-0.25, -0.2) is 9.59 Å². The minimum atomic E-state index is -0.491. The molecule has 2 aliphatic rings. The molecule has 4 rings (SSSR count). The molecule has 10 nitrogen and oxygen atoms in total. The zero-order chi connectivity index (χ0) is 29.6. The minimum Gasteiger partial charge on any atom is -0.445 e. The smallest absolute Gasteiger partial charge is 0.410 e. The molecule has 0 aromatic heterocycles. The molecule has 226 valence electrons. The first-order valence-electron chi connectivity index (χ1n) is 15.0. The highest BCUT2D eigenvalue weighted by atomic mass is 16.6. The molecular formula is C32H42N4O6. The van der Waals surface area contributed by atoms with Gasteiger partial charge in [0, 0.05) is 26.2 Å². The van der Waals surface area contributed by atoms with E-state index in [2.05, 4.69) is 10.6 Å². The number of unbranched alkanes of at least 4 members (excludes halogenated alkanes) is 3. The van der Waals surface area contributed by atoms with Crippen LogP contribution in [-0.2, 0) is 32.3 Å². The van der Waals surface area contributed by atoms with Crippen molar-refractivity contribution in [2.45, 2.75) is 76.7 Å². The molecule has 2 aromatic carbocycles. The van der Waals surface area contributed by atoms with Gasteiger partial charge in [-0.3, -0.25) is 19.4 Å². The normalized spacial score (nSPS) is 18.0. The van der Waals surface area contributed by atoms with E-state index in [4.69, 9.17) is 9.47 Å². The molecule has 0 unspecified atom stereocenters. The van der Waals surface area contributed by atoms with E-state index in [1.54, 1.807) is 0 Å². The molecule has 0 saturated carbocycles. The summed E-state index contributed by atoms with van der Waals surface area (Å²) in [5, 5.41) is 5.92. The van der Waals surface area contributed by atoms with Crippen LogP contribution in [0.25, 0.3) is 0 Å². The maximum absolute atomic E-state index is 12.7. The summed E-state index contributed by atoms with van der Waals surface area (Å²) in [5.74, 6) is -0.278. The SMILES string of the molecule is O=C(NCCCCCCNC(=O)[C@H]1CCCN1C(=O)OCc1ccccc1)[C@H]1CCCN1C(=O)OCc1ccccc1. The van der Waals surface area contributed by atoms with Gasteiger partial charge in [0.1, 0.15) is 25.3 Å². The molecule has 0 aliphatic carbocycles. The summed E-state index contributed by atoms with van der Waals surface area (Å²) < 4.78 is 10.8. The number of benzene rings is 2. The summed E-state index contributed by atoms with van der Waals surface area (Å²) >= 11 is 0. The first-order valence-corrected chi connectivity index (χ1v) is 15.0. The Morgan fingerprint density at radius 2 is 1.02 bits per heavy atom. The lowest BCUT2D eigenvalue weighted by Gasteiger charge is -2.23. The van der Waals surface area contributed by atoms with E-state index < -0.39 is 24.3 Å². The Morgan fingerprint density at radius 1 is 0.619 bits per heavy atom. The zero-order valence-corrected chi connectivity index (χ0v) is 24.2.